The van der Waals surface area contributed by atoms with Crippen LogP contribution in [0.25, 0.3) is 0 Å². The van der Waals surface area contributed by atoms with E-state index in [1.807, 2.05) is 18.3 Å². The summed E-state index contributed by atoms with van der Waals surface area (Å²) in [6.07, 6.45) is 8.99. The number of nitrogens with one attached hydrogen (secondary N) is 2. The van der Waals surface area contributed by atoms with Crippen molar-refractivity contribution < 1.29 is 14.2 Å². The quantitative estimate of drug-likeness (QED) is 0.197. The Bertz CT molecular complexity index is 620. The smallest absolute Gasteiger partial charge is 0.213 e. The lowest BCUT2D eigenvalue weighted by Crippen LogP contribution is -2.38. The number of ether oxygens (including phenoxy) is 3. The molecule has 0 radical (unpaired) electrons. The zero-order valence-electron chi connectivity index (χ0n) is 18.1. The predicted octanol–water partition coefficient (Wildman–Crippen LogP) is 3.52. The van der Waals surface area contributed by atoms with Gasteiger partial charge in [0.25, 0.3) is 0 Å². The van der Waals surface area contributed by atoms with E-state index in [2.05, 4.69) is 22.5 Å². The summed E-state index contributed by atoms with van der Waals surface area (Å²) in [5.74, 6) is 2.11. The highest BCUT2D eigenvalue weighted by Gasteiger charge is 2.17. The predicted molar refractivity (Wildman–Crippen MR) is 130 cm³/mol. The van der Waals surface area contributed by atoms with Gasteiger partial charge in [0.2, 0.25) is 5.88 Å². The Balaban J connectivity index is 0.00000320. The van der Waals surface area contributed by atoms with Crippen LogP contribution in [0.2, 0.25) is 0 Å². The van der Waals surface area contributed by atoms with Gasteiger partial charge in [0.05, 0.1) is 19.8 Å². The molecule has 0 amide bonds. The van der Waals surface area contributed by atoms with Crippen LogP contribution in [0.15, 0.2) is 23.3 Å². The summed E-state index contributed by atoms with van der Waals surface area (Å²) >= 11 is 0. The Hall–Kier alpha value is -1.13. The van der Waals surface area contributed by atoms with E-state index >= 15 is 0 Å². The highest BCUT2D eigenvalue weighted by Crippen LogP contribution is 2.23. The molecule has 0 aromatic carbocycles. The number of halogens is 1. The Labute approximate surface area is 197 Å². The lowest BCUT2D eigenvalue weighted by Gasteiger charge is -2.13. The molecule has 1 aromatic rings. The molecule has 1 unspecified atom stereocenters. The second kappa shape index (κ2) is 14.8. The van der Waals surface area contributed by atoms with Gasteiger partial charge in [-0.15, -0.1) is 24.0 Å². The van der Waals surface area contributed by atoms with E-state index < -0.39 is 0 Å². The van der Waals surface area contributed by atoms with Gasteiger partial charge in [0.15, 0.2) is 5.96 Å². The van der Waals surface area contributed by atoms with Crippen molar-refractivity contribution in [1.29, 1.82) is 0 Å². The molecule has 2 aliphatic rings. The molecule has 170 valence electrons. The topological polar surface area (TPSA) is 77.0 Å². The molecule has 3 rings (SSSR count). The molecule has 2 N–H and O–H groups in total. The molecule has 1 saturated carbocycles. The van der Waals surface area contributed by atoms with E-state index in [1.165, 1.54) is 12.8 Å². The van der Waals surface area contributed by atoms with Crippen LogP contribution in [-0.2, 0) is 16.0 Å². The fourth-order valence-electron chi connectivity index (χ4n) is 3.65. The van der Waals surface area contributed by atoms with E-state index in [-0.39, 0.29) is 24.0 Å². The minimum absolute atomic E-state index is 0. The number of hydrogen-bond acceptors (Lipinski definition) is 5. The molecule has 1 aromatic heterocycles. The van der Waals surface area contributed by atoms with E-state index in [0.29, 0.717) is 24.4 Å². The van der Waals surface area contributed by atoms with Gasteiger partial charge in [-0.2, -0.15) is 0 Å². The molecule has 7 nitrogen and oxygen atoms in total. The summed E-state index contributed by atoms with van der Waals surface area (Å²) in [7, 11) is 0. The molecule has 1 aliphatic carbocycles. The van der Waals surface area contributed by atoms with Gasteiger partial charge >= 0.3 is 0 Å². The van der Waals surface area contributed by atoms with Gasteiger partial charge in [-0.1, -0.05) is 0 Å². The summed E-state index contributed by atoms with van der Waals surface area (Å²) in [6.45, 7) is 7.62. The molecule has 2 heterocycles. The lowest BCUT2D eigenvalue weighted by molar-refractivity contribution is 0.0888. The van der Waals surface area contributed by atoms with E-state index in [4.69, 9.17) is 19.2 Å². The second-order valence-electron chi connectivity index (χ2n) is 7.81. The first-order chi connectivity index (χ1) is 14.3. The van der Waals surface area contributed by atoms with Gasteiger partial charge in [-0.3, -0.25) is 0 Å². The summed E-state index contributed by atoms with van der Waals surface area (Å²) in [6, 6.07) is 4.00. The third kappa shape index (κ3) is 9.34. The first kappa shape index (κ1) is 25.1. The Kier molecular flexibility index (Phi) is 12.4. The second-order valence-corrected chi connectivity index (χ2v) is 7.81. The van der Waals surface area contributed by atoms with Crippen LogP contribution in [0, 0.1) is 5.92 Å². The average Bonchev–Trinajstić information content (AvgIpc) is 3.43. The van der Waals surface area contributed by atoms with Gasteiger partial charge in [0.1, 0.15) is 6.10 Å². The first-order valence-corrected chi connectivity index (χ1v) is 11.1. The summed E-state index contributed by atoms with van der Waals surface area (Å²) < 4.78 is 17.1. The average molecular weight is 532 g/mol. The highest BCUT2D eigenvalue weighted by molar-refractivity contribution is 14.0. The van der Waals surface area contributed by atoms with Crippen LogP contribution >= 0.6 is 24.0 Å². The Morgan fingerprint density at radius 2 is 2.13 bits per heavy atom. The van der Waals surface area contributed by atoms with Crippen molar-refractivity contribution in [3.8, 4) is 5.88 Å². The number of aliphatic imine (C=N–C) groups is 1. The molecule has 0 bridgehead atoms. The summed E-state index contributed by atoms with van der Waals surface area (Å²) in [5, 5.41) is 6.68. The van der Waals surface area contributed by atoms with Crippen LogP contribution in [-0.4, -0.2) is 56.6 Å². The number of rotatable bonds is 11. The van der Waals surface area contributed by atoms with Crippen LogP contribution in [0.4, 0.5) is 0 Å². The zero-order valence-corrected chi connectivity index (χ0v) is 20.4. The largest absolute Gasteiger partial charge is 0.474 e. The highest BCUT2D eigenvalue weighted by atomic mass is 127. The van der Waals surface area contributed by atoms with Crippen molar-refractivity contribution in [1.82, 2.24) is 15.6 Å². The molecule has 1 saturated heterocycles. The maximum atomic E-state index is 6.00. The number of nitrogens with zero attached hydrogens (tertiary/aromatic N) is 2. The van der Waals surface area contributed by atoms with Crippen LogP contribution < -0.4 is 15.4 Å². The number of hydrogen-bond donors (Lipinski definition) is 2. The lowest BCUT2D eigenvalue weighted by atomic mass is 10.1. The van der Waals surface area contributed by atoms with Crippen molar-refractivity contribution in [2.75, 3.05) is 39.5 Å². The zero-order chi connectivity index (χ0) is 20.2. The maximum Gasteiger partial charge on any atom is 0.213 e. The van der Waals surface area contributed by atoms with E-state index in [9.17, 15) is 0 Å². The molecular formula is C22H37IN4O3. The van der Waals surface area contributed by atoms with Crippen molar-refractivity contribution in [2.45, 2.75) is 58.1 Å². The normalized spacial score (nSPS) is 19.5. The third-order valence-electron chi connectivity index (χ3n) is 5.29. The van der Waals surface area contributed by atoms with E-state index in [0.717, 1.165) is 76.7 Å². The summed E-state index contributed by atoms with van der Waals surface area (Å²) in [4.78, 5) is 9.04. The molecule has 8 heteroatoms. The van der Waals surface area contributed by atoms with Crippen molar-refractivity contribution in [3.63, 3.8) is 0 Å². The minimum Gasteiger partial charge on any atom is -0.474 e. The fraction of sp³-hybridized carbons (Fsp3) is 0.727. The molecule has 1 atom stereocenters. The molecule has 30 heavy (non-hydrogen) atoms. The van der Waals surface area contributed by atoms with Crippen LogP contribution in [0.1, 0.15) is 51.0 Å². The maximum absolute atomic E-state index is 6.00. The molecule has 1 aliphatic heterocycles. The standard InChI is InChI=1S/C22H36N4O3.HI/c1-2-23-22(25-10-5-12-27-16-19-9-13-28-17-19)26-15-18-8-11-24-21(14-18)29-20-6-3-4-7-20;/h8,11,14,19-20H,2-7,9-10,12-13,15-17H2,1H3,(H2,23,25,26);1H. The number of guanidine groups is 1. The molecule has 0 spiro atoms. The first-order valence-electron chi connectivity index (χ1n) is 11.1. The summed E-state index contributed by atoms with van der Waals surface area (Å²) in [5.41, 5.74) is 1.10. The monoisotopic (exact) mass is 532 g/mol. The third-order valence-corrected chi connectivity index (χ3v) is 5.29. The van der Waals surface area contributed by atoms with E-state index in [1.54, 1.807) is 0 Å². The van der Waals surface area contributed by atoms with Crippen molar-refractivity contribution in [3.05, 3.63) is 23.9 Å². The van der Waals surface area contributed by atoms with Crippen LogP contribution in [0.5, 0.6) is 5.88 Å². The van der Waals surface area contributed by atoms with Crippen molar-refractivity contribution >= 4 is 29.9 Å². The SMILES string of the molecule is CCNC(=NCc1ccnc(OC2CCCC2)c1)NCCCOCC1CCOC1.I. The van der Waals surface area contributed by atoms with Crippen molar-refractivity contribution in [2.24, 2.45) is 10.9 Å². The van der Waals surface area contributed by atoms with Gasteiger partial charge in [0, 0.05) is 44.5 Å². The van der Waals surface area contributed by atoms with Gasteiger partial charge < -0.3 is 24.8 Å². The van der Waals surface area contributed by atoms with Gasteiger partial charge in [-0.25, -0.2) is 9.98 Å². The fourth-order valence-corrected chi connectivity index (χ4v) is 3.65. The Morgan fingerprint density at radius 3 is 2.90 bits per heavy atom. The van der Waals surface area contributed by atoms with Gasteiger partial charge in [-0.05, 0) is 57.1 Å². The van der Waals surface area contributed by atoms with Crippen LogP contribution in [0.3, 0.4) is 0 Å². The number of pyridine rings is 1. The minimum atomic E-state index is 0. The molecule has 2 fully saturated rings. The Morgan fingerprint density at radius 1 is 1.27 bits per heavy atom. The number of aromatic nitrogens is 1. The molecular weight excluding hydrogens is 495 g/mol.